The summed E-state index contributed by atoms with van der Waals surface area (Å²) in [7, 11) is 0. The predicted molar refractivity (Wildman–Crippen MR) is 78.8 cm³/mol. The van der Waals surface area contributed by atoms with Gasteiger partial charge in [0.25, 0.3) is 0 Å². The van der Waals surface area contributed by atoms with Gasteiger partial charge in [-0.15, -0.1) is 0 Å². The van der Waals surface area contributed by atoms with E-state index in [4.69, 9.17) is 0 Å². The minimum Gasteiger partial charge on any atom is -0.480 e. The van der Waals surface area contributed by atoms with E-state index in [0.29, 0.717) is 12.1 Å². The fourth-order valence-electron chi connectivity index (χ4n) is 2.38. The van der Waals surface area contributed by atoms with Gasteiger partial charge in [-0.25, -0.2) is 4.79 Å². The second kappa shape index (κ2) is 5.74. The van der Waals surface area contributed by atoms with Crippen LogP contribution in [-0.2, 0) is 9.59 Å². The van der Waals surface area contributed by atoms with Crippen molar-refractivity contribution in [2.75, 3.05) is 4.90 Å². The van der Waals surface area contributed by atoms with Gasteiger partial charge in [0.15, 0.2) is 0 Å². The van der Waals surface area contributed by atoms with Gasteiger partial charge in [0.2, 0.25) is 5.91 Å². The van der Waals surface area contributed by atoms with Gasteiger partial charge >= 0.3 is 5.97 Å². The van der Waals surface area contributed by atoms with Crippen LogP contribution < -0.4 is 4.90 Å². The van der Waals surface area contributed by atoms with E-state index in [1.807, 2.05) is 36.4 Å². The summed E-state index contributed by atoms with van der Waals surface area (Å²) in [5.41, 5.74) is 0.616. The summed E-state index contributed by atoms with van der Waals surface area (Å²) >= 11 is 0. The lowest BCUT2D eigenvalue weighted by Crippen LogP contribution is -2.43. The number of carbonyl (C=O) groups is 2. The average Bonchev–Trinajstić information content (AvgIpc) is 2.43. The molecule has 104 valence electrons. The van der Waals surface area contributed by atoms with Gasteiger partial charge < -0.3 is 5.11 Å². The molecular weight excluding hydrogens is 254 g/mol. The third-order valence-corrected chi connectivity index (χ3v) is 3.33. The molecule has 0 aliphatic rings. The Morgan fingerprint density at radius 2 is 1.80 bits per heavy atom. The van der Waals surface area contributed by atoms with Gasteiger partial charge in [-0.05, 0) is 29.3 Å². The highest BCUT2D eigenvalue weighted by Gasteiger charge is 2.27. The van der Waals surface area contributed by atoms with Crippen LogP contribution in [0.1, 0.15) is 20.3 Å². The van der Waals surface area contributed by atoms with Crippen LogP contribution in [0.25, 0.3) is 10.8 Å². The Labute approximate surface area is 117 Å². The summed E-state index contributed by atoms with van der Waals surface area (Å²) in [4.78, 5) is 24.5. The van der Waals surface area contributed by atoms with Crippen molar-refractivity contribution in [1.29, 1.82) is 0 Å². The number of anilines is 1. The quantitative estimate of drug-likeness (QED) is 0.929. The molecule has 0 heterocycles. The van der Waals surface area contributed by atoms with Crippen LogP contribution in [0, 0.1) is 0 Å². The lowest BCUT2D eigenvalue weighted by molar-refractivity contribution is -0.140. The number of hydrogen-bond donors (Lipinski definition) is 1. The Bertz CT molecular complexity index is 651. The van der Waals surface area contributed by atoms with Crippen LogP contribution in [0.3, 0.4) is 0 Å². The van der Waals surface area contributed by atoms with Crippen LogP contribution in [0.15, 0.2) is 42.5 Å². The summed E-state index contributed by atoms with van der Waals surface area (Å²) < 4.78 is 0. The van der Waals surface area contributed by atoms with Gasteiger partial charge in [-0.2, -0.15) is 0 Å². The minimum atomic E-state index is -0.990. The number of nitrogens with zero attached hydrogens (tertiary/aromatic N) is 1. The highest BCUT2D eigenvalue weighted by molar-refractivity contribution is 5.99. The normalized spacial score (nSPS) is 12.1. The molecule has 1 atom stereocenters. The molecule has 2 rings (SSSR count). The molecular formula is C16H17NO3. The van der Waals surface area contributed by atoms with Crippen molar-refractivity contribution in [3.05, 3.63) is 42.5 Å². The molecule has 4 heteroatoms. The van der Waals surface area contributed by atoms with Crippen LogP contribution in [0.2, 0.25) is 0 Å². The number of hydrogen-bond acceptors (Lipinski definition) is 2. The zero-order chi connectivity index (χ0) is 14.7. The van der Waals surface area contributed by atoms with Gasteiger partial charge in [-0.1, -0.05) is 37.3 Å². The second-order valence-corrected chi connectivity index (χ2v) is 4.68. The van der Waals surface area contributed by atoms with Crippen molar-refractivity contribution >= 4 is 28.3 Å². The molecule has 0 saturated carbocycles. The number of fused-ring (bicyclic) bond motifs is 1. The van der Waals surface area contributed by atoms with E-state index in [1.54, 1.807) is 13.0 Å². The fraction of sp³-hybridized carbons (Fsp3) is 0.250. The smallest absolute Gasteiger partial charge is 0.326 e. The number of carbonyl (C=O) groups excluding carboxylic acids is 1. The molecule has 20 heavy (non-hydrogen) atoms. The van der Waals surface area contributed by atoms with Crippen LogP contribution >= 0.6 is 0 Å². The number of benzene rings is 2. The monoisotopic (exact) mass is 271 g/mol. The van der Waals surface area contributed by atoms with E-state index in [0.717, 1.165) is 10.8 Å². The Balaban J connectivity index is 2.51. The summed E-state index contributed by atoms with van der Waals surface area (Å²) in [6.07, 6.45) is 0.363. The first-order chi connectivity index (χ1) is 9.54. The molecule has 0 saturated heterocycles. The first-order valence-corrected chi connectivity index (χ1v) is 6.56. The van der Waals surface area contributed by atoms with Gasteiger partial charge in [-0.3, -0.25) is 9.69 Å². The van der Waals surface area contributed by atoms with Crippen molar-refractivity contribution in [1.82, 2.24) is 0 Å². The van der Waals surface area contributed by atoms with Crippen LogP contribution in [-0.4, -0.2) is 23.0 Å². The van der Waals surface area contributed by atoms with Gasteiger partial charge in [0.05, 0.1) is 0 Å². The zero-order valence-electron chi connectivity index (χ0n) is 11.5. The highest BCUT2D eigenvalue weighted by Crippen LogP contribution is 2.24. The van der Waals surface area contributed by atoms with Gasteiger partial charge in [0.1, 0.15) is 6.04 Å². The average molecular weight is 271 g/mol. The molecule has 4 nitrogen and oxygen atoms in total. The van der Waals surface area contributed by atoms with Crippen molar-refractivity contribution < 1.29 is 14.7 Å². The SMILES string of the molecule is CCC(C(=O)O)N(C(C)=O)c1ccc2ccccc2c1. The van der Waals surface area contributed by atoms with Crippen molar-refractivity contribution in [2.24, 2.45) is 0 Å². The highest BCUT2D eigenvalue weighted by atomic mass is 16.4. The molecule has 0 aliphatic carbocycles. The molecule has 0 aliphatic heterocycles. The molecule has 0 spiro atoms. The maximum Gasteiger partial charge on any atom is 0.326 e. The van der Waals surface area contributed by atoms with Gasteiger partial charge in [0, 0.05) is 12.6 Å². The Morgan fingerprint density at radius 3 is 2.35 bits per heavy atom. The second-order valence-electron chi connectivity index (χ2n) is 4.68. The molecule has 0 fully saturated rings. The third-order valence-electron chi connectivity index (χ3n) is 3.33. The number of aliphatic carboxylic acids is 1. The summed E-state index contributed by atoms with van der Waals surface area (Å²) in [5.74, 6) is -1.26. The summed E-state index contributed by atoms with van der Waals surface area (Å²) in [6, 6.07) is 12.5. The number of amides is 1. The zero-order valence-corrected chi connectivity index (χ0v) is 11.5. The molecule has 0 radical (unpaired) electrons. The molecule has 2 aromatic carbocycles. The van der Waals surface area contributed by atoms with Crippen molar-refractivity contribution in [3.8, 4) is 0 Å². The van der Waals surface area contributed by atoms with E-state index < -0.39 is 12.0 Å². The largest absolute Gasteiger partial charge is 0.480 e. The standard InChI is InChI=1S/C16H17NO3/c1-3-15(16(19)20)17(11(2)18)14-9-8-12-6-4-5-7-13(12)10-14/h4-10,15H,3H2,1-2H3,(H,19,20). The first-order valence-electron chi connectivity index (χ1n) is 6.56. The number of carboxylic acid groups (broad SMARTS) is 1. The van der Waals surface area contributed by atoms with Crippen LogP contribution in [0.5, 0.6) is 0 Å². The Kier molecular flexibility index (Phi) is 4.03. The molecule has 0 aromatic heterocycles. The predicted octanol–water partition coefficient (Wildman–Crippen LogP) is 3.06. The van der Waals surface area contributed by atoms with E-state index in [9.17, 15) is 14.7 Å². The summed E-state index contributed by atoms with van der Waals surface area (Å²) in [5, 5.41) is 11.3. The van der Waals surface area contributed by atoms with E-state index in [-0.39, 0.29) is 5.91 Å². The Morgan fingerprint density at radius 1 is 1.15 bits per heavy atom. The molecule has 0 bridgehead atoms. The van der Waals surface area contributed by atoms with E-state index in [1.165, 1.54) is 11.8 Å². The number of rotatable bonds is 4. The van der Waals surface area contributed by atoms with Crippen molar-refractivity contribution in [3.63, 3.8) is 0 Å². The maximum absolute atomic E-state index is 11.8. The lowest BCUT2D eigenvalue weighted by atomic mass is 10.1. The topological polar surface area (TPSA) is 57.6 Å². The fourth-order valence-corrected chi connectivity index (χ4v) is 2.38. The first kappa shape index (κ1) is 14.1. The molecule has 1 amide bonds. The minimum absolute atomic E-state index is 0.269. The Hall–Kier alpha value is -2.36. The molecule has 2 aromatic rings. The van der Waals surface area contributed by atoms with E-state index in [2.05, 4.69) is 0 Å². The number of carboxylic acids is 1. The van der Waals surface area contributed by atoms with Crippen molar-refractivity contribution in [2.45, 2.75) is 26.3 Å². The summed E-state index contributed by atoms with van der Waals surface area (Å²) in [6.45, 7) is 3.15. The molecule has 1 N–H and O–H groups in total. The third kappa shape index (κ3) is 2.64. The lowest BCUT2D eigenvalue weighted by Gasteiger charge is -2.27. The van der Waals surface area contributed by atoms with Crippen LogP contribution in [0.4, 0.5) is 5.69 Å². The molecule has 1 unspecified atom stereocenters. The maximum atomic E-state index is 11.8. The van der Waals surface area contributed by atoms with E-state index >= 15 is 0 Å².